The number of nitrogens with zero attached hydrogens (tertiary/aromatic N) is 2. The van der Waals surface area contributed by atoms with Crippen molar-refractivity contribution < 1.29 is 17.4 Å². The maximum absolute atomic E-state index is 11.8. The van der Waals surface area contributed by atoms with Crippen molar-refractivity contribution in [2.24, 2.45) is 11.8 Å². The number of carbonyl (C=O) groups excluding carboxylic acids is 1. The van der Waals surface area contributed by atoms with Gasteiger partial charge >= 0.3 is 6.03 Å². The first-order valence-electron chi connectivity index (χ1n) is 6.10. The van der Waals surface area contributed by atoms with Gasteiger partial charge in [0.1, 0.15) is 0 Å². The molecule has 0 aromatic carbocycles. The molecule has 0 bridgehead atoms. The van der Waals surface area contributed by atoms with E-state index in [0.29, 0.717) is 24.9 Å². The molecule has 18 heavy (non-hydrogen) atoms. The standard InChI is InChI=1S/C11H20N2O4S/c1-12(2)11(14)13-6-8-4-10(5-9(8)7-13)17-18(3,15)16/h8-10H,4-7H2,1-3H3/t8-,9+,10?. The molecular weight excluding hydrogens is 256 g/mol. The first kappa shape index (κ1) is 13.6. The lowest BCUT2D eigenvalue weighted by Gasteiger charge is -2.22. The first-order chi connectivity index (χ1) is 8.26. The molecule has 1 aliphatic carbocycles. The molecule has 1 unspecified atom stereocenters. The third-order valence-corrected chi connectivity index (χ3v) is 4.29. The molecule has 2 fully saturated rings. The van der Waals surface area contributed by atoms with Crippen LogP contribution in [0, 0.1) is 11.8 Å². The van der Waals surface area contributed by atoms with Gasteiger partial charge < -0.3 is 9.80 Å². The smallest absolute Gasteiger partial charge is 0.319 e. The van der Waals surface area contributed by atoms with E-state index in [9.17, 15) is 13.2 Å². The molecule has 3 atom stereocenters. The van der Waals surface area contributed by atoms with Gasteiger partial charge in [-0.3, -0.25) is 4.18 Å². The number of carbonyl (C=O) groups is 1. The molecule has 2 amide bonds. The van der Waals surface area contributed by atoms with E-state index in [-0.39, 0.29) is 12.1 Å². The van der Waals surface area contributed by atoms with Crippen LogP contribution in [-0.2, 0) is 14.3 Å². The Bertz CT molecular complexity index is 420. The molecule has 2 aliphatic rings. The maximum Gasteiger partial charge on any atom is 0.319 e. The van der Waals surface area contributed by atoms with Gasteiger partial charge in [-0.15, -0.1) is 0 Å². The zero-order valence-electron chi connectivity index (χ0n) is 11.0. The fraction of sp³-hybridized carbons (Fsp3) is 0.909. The topological polar surface area (TPSA) is 66.9 Å². The minimum absolute atomic E-state index is 0.0324. The SMILES string of the molecule is CN(C)C(=O)N1C[C@H]2CC(OS(C)(=O)=O)C[C@H]2C1. The van der Waals surface area contributed by atoms with Crippen LogP contribution in [0.25, 0.3) is 0 Å². The van der Waals surface area contributed by atoms with E-state index in [1.807, 2.05) is 4.90 Å². The Hall–Kier alpha value is -0.820. The first-order valence-corrected chi connectivity index (χ1v) is 7.92. The molecule has 6 nitrogen and oxygen atoms in total. The Kier molecular flexibility index (Phi) is 3.55. The van der Waals surface area contributed by atoms with Crippen molar-refractivity contribution in [3.05, 3.63) is 0 Å². The minimum Gasteiger partial charge on any atom is -0.331 e. The van der Waals surface area contributed by atoms with Crippen LogP contribution in [0.1, 0.15) is 12.8 Å². The molecule has 1 heterocycles. The van der Waals surface area contributed by atoms with Gasteiger partial charge in [0.15, 0.2) is 0 Å². The molecule has 7 heteroatoms. The van der Waals surface area contributed by atoms with Gasteiger partial charge in [-0.2, -0.15) is 8.42 Å². The summed E-state index contributed by atoms with van der Waals surface area (Å²) in [6, 6.07) is 0.0324. The lowest BCUT2D eigenvalue weighted by molar-refractivity contribution is 0.167. The Morgan fingerprint density at radius 3 is 2.11 bits per heavy atom. The molecule has 0 radical (unpaired) electrons. The number of fused-ring (bicyclic) bond motifs is 1. The van der Waals surface area contributed by atoms with Gasteiger partial charge in [-0.05, 0) is 24.7 Å². The van der Waals surface area contributed by atoms with E-state index in [1.54, 1.807) is 19.0 Å². The molecular formula is C11H20N2O4S. The summed E-state index contributed by atoms with van der Waals surface area (Å²) < 4.78 is 27.2. The monoisotopic (exact) mass is 276 g/mol. The van der Waals surface area contributed by atoms with Crippen LogP contribution in [0.2, 0.25) is 0 Å². The summed E-state index contributed by atoms with van der Waals surface area (Å²) in [5.74, 6) is 0.751. The summed E-state index contributed by atoms with van der Waals surface area (Å²) in [7, 11) is 0.114. The quantitative estimate of drug-likeness (QED) is 0.683. The predicted octanol–water partition coefficient (Wildman–Crippen LogP) is 0.355. The van der Waals surface area contributed by atoms with Gasteiger partial charge in [0, 0.05) is 27.2 Å². The summed E-state index contributed by atoms with van der Waals surface area (Å²) >= 11 is 0. The second kappa shape index (κ2) is 4.70. The highest BCUT2D eigenvalue weighted by molar-refractivity contribution is 7.86. The van der Waals surface area contributed by atoms with E-state index in [0.717, 1.165) is 19.1 Å². The van der Waals surface area contributed by atoms with Crippen molar-refractivity contribution in [1.29, 1.82) is 0 Å². The lowest BCUT2D eigenvalue weighted by atomic mass is 10.0. The second-order valence-corrected chi connectivity index (χ2v) is 7.10. The van der Waals surface area contributed by atoms with Crippen LogP contribution in [0.15, 0.2) is 0 Å². The number of urea groups is 1. The summed E-state index contributed by atoms with van der Waals surface area (Å²) in [6.45, 7) is 1.43. The van der Waals surface area contributed by atoms with Crippen LogP contribution in [0.4, 0.5) is 4.79 Å². The zero-order valence-corrected chi connectivity index (χ0v) is 11.8. The Morgan fingerprint density at radius 1 is 1.22 bits per heavy atom. The van der Waals surface area contributed by atoms with Gasteiger partial charge in [-0.1, -0.05) is 0 Å². The summed E-state index contributed by atoms with van der Waals surface area (Å²) in [6.07, 6.45) is 2.35. The predicted molar refractivity (Wildman–Crippen MR) is 66.6 cm³/mol. The van der Waals surface area contributed by atoms with E-state index in [4.69, 9.17) is 4.18 Å². The molecule has 2 rings (SSSR count). The highest BCUT2D eigenvalue weighted by atomic mass is 32.2. The van der Waals surface area contributed by atoms with E-state index >= 15 is 0 Å². The average molecular weight is 276 g/mol. The fourth-order valence-corrected chi connectivity index (χ4v) is 3.66. The van der Waals surface area contributed by atoms with E-state index in [2.05, 4.69) is 0 Å². The molecule has 0 aromatic heterocycles. The van der Waals surface area contributed by atoms with Crippen LogP contribution >= 0.6 is 0 Å². The number of amides is 2. The average Bonchev–Trinajstić information content (AvgIpc) is 2.70. The van der Waals surface area contributed by atoms with Crippen LogP contribution in [0.3, 0.4) is 0 Å². The normalized spacial score (nSPS) is 31.5. The lowest BCUT2D eigenvalue weighted by Crippen LogP contribution is -2.38. The molecule has 0 N–H and O–H groups in total. The maximum atomic E-state index is 11.8. The van der Waals surface area contributed by atoms with E-state index < -0.39 is 10.1 Å². The third-order valence-electron chi connectivity index (χ3n) is 3.67. The number of rotatable bonds is 2. The largest absolute Gasteiger partial charge is 0.331 e. The van der Waals surface area contributed by atoms with Crippen LogP contribution in [0.5, 0.6) is 0 Å². The van der Waals surface area contributed by atoms with Crippen LogP contribution < -0.4 is 0 Å². The van der Waals surface area contributed by atoms with Crippen LogP contribution in [-0.4, -0.2) is 63.8 Å². The zero-order chi connectivity index (χ0) is 13.5. The van der Waals surface area contributed by atoms with E-state index in [1.165, 1.54) is 0 Å². The van der Waals surface area contributed by atoms with Crippen molar-refractivity contribution in [2.75, 3.05) is 33.4 Å². The Morgan fingerprint density at radius 2 is 1.72 bits per heavy atom. The van der Waals surface area contributed by atoms with Crippen molar-refractivity contribution in [3.8, 4) is 0 Å². The highest BCUT2D eigenvalue weighted by Crippen LogP contribution is 2.40. The summed E-state index contributed by atoms with van der Waals surface area (Å²) in [5.41, 5.74) is 0. The Labute approximate surface area is 108 Å². The second-order valence-electron chi connectivity index (χ2n) is 5.50. The fourth-order valence-electron chi connectivity index (χ4n) is 3.01. The summed E-state index contributed by atoms with van der Waals surface area (Å²) in [5, 5.41) is 0. The third kappa shape index (κ3) is 2.95. The summed E-state index contributed by atoms with van der Waals surface area (Å²) in [4.78, 5) is 15.2. The Balaban J connectivity index is 1.90. The molecule has 0 spiro atoms. The van der Waals surface area contributed by atoms with Gasteiger partial charge in [-0.25, -0.2) is 4.79 Å². The minimum atomic E-state index is -3.37. The van der Waals surface area contributed by atoms with Crippen molar-refractivity contribution in [2.45, 2.75) is 18.9 Å². The number of hydrogen-bond donors (Lipinski definition) is 0. The van der Waals surface area contributed by atoms with Crippen molar-refractivity contribution >= 4 is 16.1 Å². The van der Waals surface area contributed by atoms with Gasteiger partial charge in [0.2, 0.25) is 0 Å². The molecule has 0 aromatic rings. The number of likely N-dealkylation sites (tertiary alicyclic amines) is 1. The molecule has 1 aliphatic heterocycles. The van der Waals surface area contributed by atoms with Gasteiger partial charge in [0.05, 0.1) is 12.4 Å². The van der Waals surface area contributed by atoms with Gasteiger partial charge in [0.25, 0.3) is 10.1 Å². The number of hydrogen-bond acceptors (Lipinski definition) is 4. The molecule has 1 saturated carbocycles. The highest BCUT2D eigenvalue weighted by Gasteiger charge is 2.43. The molecule has 1 saturated heterocycles. The van der Waals surface area contributed by atoms with Crippen molar-refractivity contribution in [1.82, 2.24) is 9.80 Å². The van der Waals surface area contributed by atoms with Crippen molar-refractivity contribution in [3.63, 3.8) is 0 Å². The molecule has 104 valence electrons.